The molecule has 6 aromatic carbocycles. The molecule has 0 atom stereocenters. The number of imidazole rings is 1. The average molecular weight is 963 g/mol. The molecule has 5 nitrogen and oxygen atoms in total. The van der Waals surface area contributed by atoms with Gasteiger partial charge in [-0.15, -0.1) is 54.1 Å². The van der Waals surface area contributed by atoms with Crippen molar-refractivity contribution in [1.29, 1.82) is 5.26 Å². The van der Waals surface area contributed by atoms with E-state index >= 15 is 0 Å². The van der Waals surface area contributed by atoms with Gasteiger partial charge in [-0.1, -0.05) is 126 Å². The Balaban J connectivity index is 0.000000188. The third kappa shape index (κ3) is 8.61. The fourth-order valence-corrected chi connectivity index (χ4v) is 7.69. The summed E-state index contributed by atoms with van der Waals surface area (Å²) < 4.78 is 26.0. The topological polar surface area (TPSA) is 67.6 Å². The SMILES string of the molecule is CC(C)c1cccc(C(C)C)c1-n1c(-c2[c-]cccc2)nc2ccccc21.[2H]C([2H])(c1ccnc(-c2[c-]ccc3c2oc2cc(-c4cccc(C#N)c4)ccc23)c1)C(C)(C)C.[Ir]. The largest absolute Gasteiger partial charge is 0.501 e. The van der Waals surface area contributed by atoms with E-state index in [1.807, 2.05) is 87.5 Å². The van der Waals surface area contributed by atoms with Gasteiger partial charge in [0.1, 0.15) is 5.58 Å². The van der Waals surface area contributed by atoms with Crippen molar-refractivity contribution in [2.24, 2.45) is 5.41 Å². The molecule has 0 aliphatic carbocycles. The number of hydrogen-bond donors (Lipinski definition) is 0. The Morgan fingerprint density at radius 1 is 0.767 bits per heavy atom. The van der Waals surface area contributed by atoms with Crippen molar-refractivity contribution in [3.8, 4) is 45.5 Å². The zero-order valence-corrected chi connectivity index (χ0v) is 37.4. The molecule has 60 heavy (non-hydrogen) atoms. The number of para-hydroxylation sites is 3. The van der Waals surface area contributed by atoms with Crippen LogP contribution in [0.4, 0.5) is 0 Å². The summed E-state index contributed by atoms with van der Waals surface area (Å²) in [4.78, 5) is 9.51. The molecule has 0 saturated heterocycles. The first-order valence-corrected chi connectivity index (χ1v) is 20.2. The van der Waals surface area contributed by atoms with Gasteiger partial charge in [0.2, 0.25) is 0 Å². The Morgan fingerprint density at radius 3 is 2.22 bits per heavy atom. The third-order valence-electron chi connectivity index (χ3n) is 10.4. The van der Waals surface area contributed by atoms with Gasteiger partial charge in [-0.05, 0) is 88.0 Å². The molecule has 0 saturated carbocycles. The standard InChI is InChI=1S/C29H23N2O.C25H25N2.Ir/c1-29(2,3)17-19-12-13-31-26(15-19)25-9-5-8-24-23-11-10-22(16-27(23)32-28(24)25)21-7-4-6-20(14-21)18-30;1-17(2)20-13-10-14-21(18(3)4)24(20)27-23-16-9-8-15-22(23)26-25(27)19-11-6-5-7-12-19;/h4-8,10-16H,17H2,1-3H3;5-11,13-18H,1-4H3;/q2*-1;/i17D2;;. The van der Waals surface area contributed by atoms with Gasteiger partial charge in [0.25, 0.3) is 0 Å². The molecular weight excluding hydrogens is 913 g/mol. The molecule has 0 fully saturated rings. The molecule has 3 aromatic heterocycles. The van der Waals surface area contributed by atoms with E-state index in [1.54, 1.807) is 24.4 Å². The van der Waals surface area contributed by atoms with Crippen LogP contribution in [0.15, 0.2) is 144 Å². The van der Waals surface area contributed by atoms with Crippen LogP contribution in [0, 0.1) is 28.9 Å². The molecule has 9 aromatic rings. The number of furan rings is 1. The Morgan fingerprint density at radius 2 is 1.50 bits per heavy atom. The Bertz CT molecular complexity index is 3050. The Labute approximate surface area is 369 Å². The van der Waals surface area contributed by atoms with Crippen LogP contribution in [0.2, 0.25) is 0 Å². The molecule has 0 bridgehead atoms. The van der Waals surface area contributed by atoms with E-state index in [0.717, 1.165) is 49.9 Å². The van der Waals surface area contributed by atoms with E-state index in [4.69, 9.17) is 12.1 Å². The van der Waals surface area contributed by atoms with Crippen LogP contribution >= 0.6 is 0 Å². The van der Waals surface area contributed by atoms with Gasteiger partial charge in [-0.3, -0.25) is 4.98 Å². The van der Waals surface area contributed by atoms with Crippen molar-refractivity contribution in [2.75, 3.05) is 0 Å². The van der Waals surface area contributed by atoms with Gasteiger partial charge in [-0.2, -0.15) is 5.26 Å². The van der Waals surface area contributed by atoms with Crippen molar-refractivity contribution >= 4 is 33.0 Å². The van der Waals surface area contributed by atoms with Crippen molar-refractivity contribution in [2.45, 2.75) is 66.7 Å². The number of nitriles is 1. The first kappa shape index (κ1) is 39.3. The number of benzene rings is 6. The summed E-state index contributed by atoms with van der Waals surface area (Å²) in [5.41, 5.74) is 12.4. The molecule has 3 heterocycles. The van der Waals surface area contributed by atoms with Gasteiger partial charge >= 0.3 is 0 Å². The number of fused-ring (bicyclic) bond motifs is 4. The van der Waals surface area contributed by atoms with E-state index in [1.165, 1.54) is 16.8 Å². The molecule has 1 radical (unpaired) electrons. The second-order valence-electron chi connectivity index (χ2n) is 16.5. The molecule has 0 aliphatic rings. The third-order valence-corrected chi connectivity index (χ3v) is 10.4. The van der Waals surface area contributed by atoms with Crippen molar-refractivity contribution in [1.82, 2.24) is 14.5 Å². The van der Waals surface area contributed by atoms with Crippen LogP contribution in [0.25, 0.3) is 72.4 Å². The molecule has 0 N–H and O–H groups in total. The summed E-state index contributed by atoms with van der Waals surface area (Å²) in [5.74, 6) is 1.80. The molecule has 0 unspecified atom stereocenters. The molecule has 6 heteroatoms. The molecule has 0 aliphatic heterocycles. The number of nitrogens with zero attached hydrogens (tertiary/aromatic N) is 4. The maximum Gasteiger partial charge on any atom is 0.121 e. The first-order chi connectivity index (χ1) is 29.3. The summed E-state index contributed by atoms with van der Waals surface area (Å²) in [6.07, 6.45) is 0.114. The predicted octanol–water partition coefficient (Wildman–Crippen LogP) is 14.3. The smallest absolute Gasteiger partial charge is 0.121 e. The minimum Gasteiger partial charge on any atom is -0.501 e. The van der Waals surface area contributed by atoms with Gasteiger partial charge in [0.05, 0.1) is 34.1 Å². The van der Waals surface area contributed by atoms with Crippen molar-refractivity contribution in [3.63, 3.8) is 0 Å². The van der Waals surface area contributed by atoms with E-state index < -0.39 is 11.8 Å². The van der Waals surface area contributed by atoms with Crippen molar-refractivity contribution in [3.05, 3.63) is 174 Å². The summed E-state index contributed by atoms with van der Waals surface area (Å²) in [7, 11) is 0. The quantitative estimate of drug-likeness (QED) is 0.149. The van der Waals surface area contributed by atoms with E-state index in [9.17, 15) is 5.26 Å². The predicted molar refractivity (Wildman–Crippen MR) is 243 cm³/mol. The summed E-state index contributed by atoms with van der Waals surface area (Å²) >= 11 is 0. The molecule has 301 valence electrons. The molecule has 0 spiro atoms. The summed E-state index contributed by atoms with van der Waals surface area (Å²) in [6.45, 7) is 14.7. The summed E-state index contributed by atoms with van der Waals surface area (Å²) in [6, 6.07) is 52.9. The first-order valence-electron chi connectivity index (χ1n) is 21.2. The second kappa shape index (κ2) is 17.6. The zero-order valence-electron chi connectivity index (χ0n) is 37.0. The molecular formula is C54H48IrN4O-2. The Hall–Kier alpha value is -6.12. The van der Waals surface area contributed by atoms with Gasteiger partial charge in [0.15, 0.2) is 0 Å². The normalized spacial score (nSPS) is 12.2. The van der Waals surface area contributed by atoms with E-state index in [-0.39, 0.29) is 20.1 Å². The molecule has 0 amide bonds. The van der Waals surface area contributed by atoms with Crippen LogP contribution in [-0.2, 0) is 26.5 Å². The zero-order chi connectivity index (χ0) is 43.1. The van der Waals surface area contributed by atoms with Crippen LogP contribution < -0.4 is 0 Å². The maximum atomic E-state index is 9.23. The van der Waals surface area contributed by atoms with Gasteiger partial charge < -0.3 is 14.0 Å². The van der Waals surface area contributed by atoms with Crippen LogP contribution in [0.1, 0.15) is 85.3 Å². The fourth-order valence-electron chi connectivity index (χ4n) is 7.69. The summed E-state index contributed by atoms with van der Waals surface area (Å²) in [5, 5.41) is 11.2. The van der Waals surface area contributed by atoms with Crippen molar-refractivity contribution < 1.29 is 27.3 Å². The van der Waals surface area contributed by atoms with E-state index in [2.05, 4.69) is 104 Å². The number of hydrogen-bond acceptors (Lipinski definition) is 4. The average Bonchev–Trinajstić information content (AvgIpc) is 3.85. The van der Waals surface area contributed by atoms with Gasteiger partial charge in [0, 0.05) is 40.1 Å². The monoisotopic (exact) mass is 963 g/mol. The van der Waals surface area contributed by atoms with Crippen LogP contribution in [0.5, 0.6) is 0 Å². The number of aromatic nitrogens is 3. The minimum atomic E-state index is -1.53. The number of rotatable bonds is 7. The minimum absolute atomic E-state index is 0. The molecule has 9 rings (SSSR count). The van der Waals surface area contributed by atoms with Gasteiger partial charge in [-0.25, -0.2) is 0 Å². The van der Waals surface area contributed by atoms with Crippen LogP contribution in [0.3, 0.4) is 0 Å². The van der Waals surface area contributed by atoms with Crippen LogP contribution in [-0.4, -0.2) is 14.5 Å². The number of pyridine rings is 1. The maximum absolute atomic E-state index is 9.23. The fraction of sp³-hybridized carbons (Fsp3) is 0.204. The Kier molecular flexibility index (Phi) is 11.6. The van der Waals surface area contributed by atoms with E-state index in [0.29, 0.717) is 39.8 Å². The second-order valence-corrected chi connectivity index (χ2v) is 16.5.